The molecular formula is C21H20N4O4S. The Morgan fingerprint density at radius 3 is 2.43 bits per heavy atom. The summed E-state index contributed by atoms with van der Waals surface area (Å²) in [5.41, 5.74) is 7.72. The van der Waals surface area contributed by atoms with E-state index in [1.165, 1.54) is 17.4 Å². The minimum absolute atomic E-state index is 0.0574. The number of thiophene rings is 1. The van der Waals surface area contributed by atoms with E-state index in [0.29, 0.717) is 16.3 Å². The van der Waals surface area contributed by atoms with Crippen molar-refractivity contribution in [2.75, 3.05) is 17.2 Å². The summed E-state index contributed by atoms with van der Waals surface area (Å²) in [6, 6.07) is 15.6. The highest BCUT2D eigenvalue weighted by Gasteiger charge is 2.22. The molecule has 0 saturated carbocycles. The summed E-state index contributed by atoms with van der Waals surface area (Å²) < 4.78 is 0. The first-order valence-electron chi connectivity index (χ1n) is 9.14. The summed E-state index contributed by atoms with van der Waals surface area (Å²) in [6.45, 7) is 2.06. The molecular weight excluding hydrogens is 404 g/mol. The maximum atomic E-state index is 12.4. The number of nitrogens with one attached hydrogen (secondary N) is 2. The summed E-state index contributed by atoms with van der Waals surface area (Å²) in [5.74, 6) is -0.948. The molecule has 1 aromatic heterocycles. The first-order valence-corrected chi connectivity index (χ1v) is 9.96. The van der Waals surface area contributed by atoms with Crippen LogP contribution in [0.15, 0.2) is 54.6 Å². The summed E-state index contributed by atoms with van der Waals surface area (Å²) in [4.78, 5) is 36.0. The van der Waals surface area contributed by atoms with Gasteiger partial charge < -0.3 is 16.4 Å². The molecule has 0 aliphatic carbocycles. The number of benzene rings is 2. The van der Waals surface area contributed by atoms with Crippen LogP contribution >= 0.6 is 11.3 Å². The fourth-order valence-electron chi connectivity index (χ4n) is 3.10. The van der Waals surface area contributed by atoms with Crippen LogP contribution in [0.2, 0.25) is 0 Å². The minimum Gasteiger partial charge on any atom is -0.379 e. The molecule has 0 bridgehead atoms. The van der Waals surface area contributed by atoms with Gasteiger partial charge in [0.25, 0.3) is 11.6 Å². The number of anilines is 2. The standard InChI is InChI=1S/C21H20N4O4S/c1-13-18(14-7-3-2-4-8-14)19(20(22)27)21(30-13)24-17(26)11-12-23-15-9-5-6-10-16(15)25(28)29/h2-10,23H,11-12H2,1H3,(H2,22,27)(H,24,26). The molecule has 0 aliphatic heterocycles. The SMILES string of the molecule is Cc1sc(NC(=O)CCNc2ccccc2[N+](=O)[O-])c(C(N)=O)c1-c1ccccc1. The fraction of sp³-hybridized carbons (Fsp3) is 0.143. The van der Waals surface area contributed by atoms with E-state index in [4.69, 9.17) is 5.73 Å². The third-order valence-electron chi connectivity index (χ3n) is 4.41. The van der Waals surface area contributed by atoms with Gasteiger partial charge >= 0.3 is 0 Å². The number of primary amides is 1. The lowest BCUT2D eigenvalue weighted by molar-refractivity contribution is -0.384. The van der Waals surface area contributed by atoms with Crippen molar-refractivity contribution in [3.05, 3.63) is 75.2 Å². The molecule has 2 amide bonds. The van der Waals surface area contributed by atoms with Crippen LogP contribution in [0.4, 0.5) is 16.4 Å². The van der Waals surface area contributed by atoms with Crippen molar-refractivity contribution < 1.29 is 14.5 Å². The molecule has 0 fully saturated rings. The molecule has 2 aromatic carbocycles. The molecule has 154 valence electrons. The van der Waals surface area contributed by atoms with Crippen molar-refractivity contribution in [3.8, 4) is 11.1 Å². The molecule has 30 heavy (non-hydrogen) atoms. The smallest absolute Gasteiger partial charge is 0.292 e. The number of carbonyl (C=O) groups is 2. The minimum atomic E-state index is -0.619. The van der Waals surface area contributed by atoms with Gasteiger partial charge in [-0.15, -0.1) is 11.3 Å². The van der Waals surface area contributed by atoms with E-state index in [1.807, 2.05) is 37.3 Å². The molecule has 0 radical (unpaired) electrons. The molecule has 9 heteroatoms. The predicted molar refractivity (Wildman–Crippen MR) is 118 cm³/mol. The van der Waals surface area contributed by atoms with Gasteiger partial charge in [-0.05, 0) is 18.6 Å². The van der Waals surface area contributed by atoms with Crippen LogP contribution in [0.5, 0.6) is 0 Å². The predicted octanol–water partition coefficient (Wildman–Crippen LogP) is 4.17. The van der Waals surface area contributed by atoms with E-state index >= 15 is 0 Å². The summed E-state index contributed by atoms with van der Waals surface area (Å²) in [7, 11) is 0. The van der Waals surface area contributed by atoms with Crippen molar-refractivity contribution in [2.45, 2.75) is 13.3 Å². The van der Waals surface area contributed by atoms with Gasteiger partial charge in [0.2, 0.25) is 5.91 Å². The number of nitrogens with zero attached hydrogens (tertiary/aromatic N) is 1. The van der Waals surface area contributed by atoms with Crippen LogP contribution in [0.1, 0.15) is 21.7 Å². The topological polar surface area (TPSA) is 127 Å². The largest absolute Gasteiger partial charge is 0.379 e. The zero-order valence-corrected chi connectivity index (χ0v) is 17.0. The van der Waals surface area contributed by atoms with Crippen LogP contribution < -0.4 is 16.4 Å². The van der Waals surface area contributed by atoms with Gasteiger partial charge in [0, 0.05) is 29.5 Å². The van der Waals surface area contributed by atoms with Gasteiger partial charge in [0.1, 0.15) is 10.7 Å². The van der Waals surface area contributed by atoms with E-state index in [-0.39, 0.29) is 30.1 Å². The lowest BCUT2D eigenvalue weighted by Gasteiger charge is -2.08. The number of rotatable bonds is 8. The van der Waals surface area contributed by atoms with Crippen molar-refractivity contribution in [3.63, 3.8) is 0 Å². The third-order valence-corrected chi connectivity index (χ3v) is 5.43. The highest BCUT2D eigenvalue weighted by molar-refractivity contribution is 7.17. The molecule has 3 aromatic rings. The van der Waals surface area contributed by atoms with Crippen LogP contribution in [-0.4, -0.2) is 23.3 Å². The Balaban J connectivity index is 1.72. The number of hydrogen-bond donors (Lipinski definition) is 3. The van der Waals surface area contributed by atoms with Crippen LogP contribution in [0, 0.1) is 17.0 Å². The van der Waals surface area contributed by atoms with Crippen molar-refractivity contribution in [2.24, 2.45) is 5.73 Å². The fourth-order valence-corrected chi connectivity index (χ4v) is 4.20. The van der Waals surface area contributed by atoms with Crippen LogP contribution in [0.25, 0.3) is 11.1 Å². The number of carbonyl (C=O) groups excluding carboxylic acids is 2. The lowest BCUT2D eigenvalue weighted by Crippen LogP contribution is -2.19. The first kappa shape index (κ1) is 21.0. The van der Waals surface area contributed by atoms with Gasteiger partial charge in [-0.2, -0.15) is 0 Å². The molecule has 8 nitrogen and oxygen atoms in total. The number of aryl methyl sites for hydroxylation is 1. The van der Waals surface area contributed by atoms with Crippen LogP contribution in [-0.2, 0) is 4.79 Å². The molecule has 0 aliphatic rings. The molecule has 0 saturated heterocycles. The summed E-state index contributed by atoms with van der Waals surface area (Å²) in [6.07, 6.45) is 0.0574. The average Bonchev–Trinajstić information content (AvgIpc) is 3.04. The second-order valence-electron chi connectivity index (χ2n) is 6.47. The van der Waals surface area contributed by atoms with Crippen LogP contribution in [0.3, 0.4) is 0 Å². The number of hydrogen-bond acceptors (Lipinski definition) is 6. The van der Waals surface area contributed by atoms with E-state index in [2.05, 4.69) is 10.6 Å². The Labute approximate surface area is 176 Å². The number of para-hydroxylation sites is 2. The van der Waals surface area contributed by atoms with E-state index in [9.17, 15) is 19.7 Å². The van der Waals surface area contributed by atoms with Crippen molar-refractivity contribution in [1.29, 1.82) is 0 Å². The van der Waals surface area contributed by atoms with Gasteiger partial charge in [-0.1, -0.05) is 42.5 Å². The maximum Gasteiger partial charge on any atom is 0.292 e. The highest BCUT2D eigenvalue weighted by atomic mass is 32.1. The number of nitro benzene ring substituents is 1. The molecule has 1 heterocycles. The molecule has 3 rings (SSSR count). The van der Waals surface area contributed by atoms with Crippen molar-refractivity contribution in [1.82, 2.24) is 0 Å². The summed E-state index contributed by atoms with van der Waals surface area (Å²) >= 11 is 1.29. The van der Waals surface area contributed by atoms with Gasteiger partial charge in [-0.3, -0.25) is 19.7 Å². The highest BCUT2D eigenvalue weighted by Crippen LogP contribution is 2.39. The van der Waals surface area contributed by atoms with E-state index in [0.717, 1.165) is 10.4 Å². The number of nitro groups is 1. The second-order valence-corrected chi connectivity index (χ2v) is 7.69. The quantitative estimate of drug-likeness (QED) is 0.369. The Kier molecular flexibility index (Phi) is 6.43. The molecule has 4 N–H and O–H groups in total. The Hall–Kier alpha value is -3.72. The average molecular weight is 424 g/mol. The lowest BCUT2D eigenvalue weighted by atomic mass is 10.0. The van der Waals surface area contributed by atoms with E-state index in [1.54, 1.807) is 18.2 Å². The molecule has 0 unspecified atom stereocenters. The monoisotopic (exact) mass is 424 g/mol. The van der Waals surface area contributed by atoms with Gasteiger partial charge in [0.15, 0.2) is 0 Å². The molecule has 0 atom stereocenters. The Morgan fingerprint density at radius 1 is 1.10 bits per heavy atom. The Bertz CT molecular complexity index is 1100. The Morgan fingerprint density at radius 2 is 1.77 bits per heavy atom. The van der Waals surface area contributed by atoms with Gasteiger partial charge in [-0.25, -0.2) is 0 Å². The zero-order chi connectivity index (χ0) is 21.7. The van der Waals surface area contributed by atoms with Crippen molar-refractivity contribution >= 4 is 39.5 Å². The van der Waals surface area contributed by atoms with E-state index < -0.39 is 10.8 Å². The molecule has 0 spiro atoms. The zero-order valence-electron chi connectivity index (χ0n) is 16.2. The summed E-state index contributed by atoms with van der Waals surface area (Å²) in [5, 5.41) is 17.1. The maximum absolute atomic E-state index is 12.4. The van der Waals surface area contributed by atoms with Gasteiger partial charge in [0.05, 0.1) is 10.5 Å². The number of nitrogens with two attached hydrogens (primary N) is 1. The first-order chi connectivity index (χ1) is 14.4. The number of amides is 2. The third kappa shape index (κ3) is 4.64. The second kappa shape index (κ2) is 9.19. The normalized spacial score (nSPS) is 10.4.